The maximum atomic E-state index is 12.2. The summed E-state index contributed by atoms with van der Waals surface area (Å²) in [6.45, 7) is 4.58. The number of amides is 1. The fraction of sp³-hybridized carbons (Fsp3) is 0.538. The highest BCUT2D eigenvalue weighted by atomic mass is 35.5. The van der Waals surface area contributed by atoms with E-state index in [1.54, 1.807) is 6.20 Å². The van der Waals surface area contributed by atoms with Crippen molar-refractivity contribution in [2.75, 3.05) is 11.9 Å². The van der Waals surface area contributed by atoms with Crippen LogP contribution in [0.3, 0.4) is 0 Å². The minimum Gasteiger partial charge on any atom is -0.377 e. The minimum absolute atomic E-state index is 0.0153. The van der Waals surface area contributed by atoms with Gasteiger partial charge in [0, 0.05) is 12.8 Å². The summed E-state index contributed by atoms with van der Waals surface area (Å²) in [4.78, 5) is 16.2. The number of rotatable bonds is 3. The summed E-state index contributed by atoms with van der Waals surface area (Å²) in [5.41, 5.74) is 1.54. The highest BCUT2D eigenvalue weighted by molar-refractivity contribution is 6.32. The molecule has 18 heavy (non-hydrogen) atoms. The van der Waals surface area contributed by atoms with Crippen LogP contribution in [-0.4, -0.2) is 23.6 Å². The van der Waals surface area contributed by atoms with E-state index < -0.39 is 0 Å². The molecular weight excluding hydrogens is 252 g/mol. The number of nitrogens with one attached hydrogen (secondary N) is 1. The van der Waals surface area contributed by atoms with E-state index in [-0.39, 0.29) is 17.9 Å². The lowest BCUT2D eigenvalue weighted by Crippen LogP contribution is -2.29. The predicted molar refractivity (Wildman–Crippen MR) is 70.8 cm³/mol. The van der Waals surface area contributed by atoms with Gasteiger partial charge in [-0.05, 0) is 31.4 Å². The first-order chi connectivity index (χ1) is 8.61. The second-order valence-electron chi connectivity index (χ2n) is 4.55. The maximum absolute atomic E-state index is 12.2. The van der Waals surface area contributed by atoms with E-state index in [1.807, 2.05) is 19.9 Å². The normalized spacial score (nSPS) is 23.1. The first-order valence-corrected chi connectivity index (χ1v) is 6.54. The molecule has 1 aliphatic rings. The highest BCUT2D eigenvalue weighted by Crippen LogP contribution is 2.26. The molecule has 0 aromatic carbocycles. The summed E-state index contributed by atoms with van der Waals surface area (Å²) >= 11 is 5.96. The van der Waals surface area contributed by atoms with Crippen LogP contribution >= 0.6 is 11.6 Å². The van der Waals surface area contributed by atoms with Gasteiger partial charge < -0.3 is 10.1 Å². The monoisotopic (exact) mass is 268 g/mol. The number of aryl methyl sites for hydroxylation is 1. The lowest BCUT2D eigenvalue weighted by molar-refractivity contribution is -0.121. The fourth-order valence-electron chi connectivity index (χ4n) is 2.22. The van der Waals surface area contributed by atoms with Gasteiger partial charge in [0.05, 0.1) is 17.7 Å². The van der Waals surface area contributed by atoms with Gasteiger partial charge >= 0.3 is 0 Å². The summed E-state index contributed by atoms with van der Waals surface area (Å²) in [5, 5.41) is 3.16. The Hall–Kier alpha value is -1.13. The van der Waals surface area contributed by atoms with Crippen molar-refractivity contribution in [3.63, 3.8) is 0 Å². The van der Waals surface area contributed by atoms with Gasteiger partial charge in [0.25, 0.3) is 0 Å². The molecule has 2 heterocycles. The van der Waals surface area contributed by atoms with Gasteiger partial charge in [0.2, 0.25) is 5.91 Å². The second kappa shape index (κ2) is 5.67. The number of hydrogen-bond acceptors (Lipinski definition) is 3. The van der Waals surface area contributed by atoms with Crippen LogP contribution in [0.5, 0.6) is 0 Å². The summed E-state index contributed by atoms with van der Waals surface area (Å²) in [5.74, 6) is -0.125. The smallest absolute Gasteiger partial charge is 0.230 e. The van der Waals surface area contributed by atoms with Crippen LogP contribution in [-0.2, 0) is 9.53 Å². The average molecular weight is 269 g/mol. The number of anilines is 1. The fourth-order valence-corrected chi connectivity index (χ4v) is 2.37. The van der Waals surface area contributed by atoms with Crippen molar-refractivity contribution in [3.8, 4) is 0 Å². The number of pyridine rings is 1. The van der Waals surface area contributed by atoms with Crippen molar-refractivity contribution < 1.29 is 9.53 Å². The van der Waals surface area contributed by atoms with Gasteiger partial charge in [0.15, 0.2) is 5.15 Å². The highest BCUT2D eigenvalue weighted by Gasteiger charge is 2.32. The number of ether oxygens (including phenoxy) is 1. The van der Waals surface area contributed by atoms with Crippen molar-refractivity contribution in [1.82, 2.24) is 4.98 Å². The lowest BCUT2D eigenvalue weighted by atomic mass is 9.98. The van der Waals surface area contributed by atoms with Gasteiger partial charge in [-0.25, -0.2) is 4.98 Å². The van der Waals surface area contributed by atoms with Crippen LogP contribution in [0.4, 0.5) is 5.69 Å². The predicted octanol–water partition coefficient (Wildman–Crippen LogP) is 2.80. The van der Waals surface area contributed by atoms with E-state index in [4.69, 9.17) is 16.3 Å². The summed E-state index contributed by atoms with van der Waals surface area (Å²) in [6.07, 6.45) is 3.30. The Morgan fingerprint density at radius 3 is 3.17 bits per heavy atom. The van der Waals surface area contributed by atoms with E-state index in [0.717, 1.165) is 18.4 Å². The second-order valence-corrected chi connectivity index (χ2v) is 4.91. The maximum Gasteiger partial charge on any atom is 0.230 e. The molecule has 0 radical (unpaired) electrons. The Labute approximate surface area is 112 Å². The zero-order valence-electron chi connectivity index (χ0n) is 10.6. The molecule has 1 N–H and O–H groups in total. The van der Waals surface area contributed by atoms with Crippen LogP contribution in [0.15, 0.2) is 12.3 Å². The average Bonchev–Trinajstić information content (AvgIpc) is 2.82. The number of aromatic nitrogens is 1. The molecule has 98 valence electrons. The third kappa shape index (κ3) is 2.82. The molecule has 2 rings (SSSR count). The molecule has 1 saturated heterocycles. The quantitative estimate of drug-likeness (QED) is 0.858. The van der Waals surface area contributed by atoms with Gasteiger partial charge in [0.1, 0.15) is 0 Å². The Morgan fingerprint density at radius 1 is 1.67 bits per heavy atom. The number of carbonyl (C=O) groups is 1. The third-order valence-electron chi connectivity index (χ3n) is 3.18. The Bertz CT molecular complexity index is 451. The number of nitrogens with zero attached hydrogens (tertiary/aromatic N) is 1. The Balaban J connectivity index is 2.09. The molecule has 0 saturated carbocycles. The molecule has 4 nitrogen and oxygen atoms in total. The van der Waals surface area contributed by atoms with Crippen LogP contribution in [0.1, 0.15) is 25.3 Å². The van der Waals surface area contributed by atoms with Gasteiger partial charge in [-0.2, -0.15) is 0 Å². The van der Waals surface area contributed by atoms with Crippen LogP contribution in [0, 0.1) is 12.8 Å². The third-order valence-corrected chi connectivity index (χ3v) is 3.48. The summed E-state index contributed by atoms with van der Waals surface area (Å²) < 4.78 is 5.52. The van der Waals surface area contributed by atoms with E-state index >= 15 is 0 Å². The van der Waals surface area contributed by atoms with E-state index in [2.05, 4.69) is 10.3 Å². The molecule has 2 unspecified atom stereocenters. The SMILES string of the molecule is CCC1OCCC1C(=O)Nc1cc(C)cnc1Cl. The molecular formula is C13H17ClN2O2. The van der Waals surface area contributed by atoms with Crippen molar-refractivity contribution in [1.29, 1.82) is 0 Å². The summed E-state index contributed by atoms with van der Waals surface area (Å²) in [6, 6.07) is 1.82. The van der Waals surface area contributed by atoms with Crippen LogP contribution < -0.4 is 5.32 Å². The zero-order chi connectivity index (χ0) is 13.1. The van der Waals surface area contributed by atoms with Gasteiger partial charge in [-0.15, -0.1) is 0 Å². The first-order valence-electron chi connectivity index (χ1n) is 6.16. The number of hydrogen-bond donors (Lipinski definition) is 1. The van der Waals surface area contributed by atoms with Crippen molar-refractivity contribution in [3.05, 3.63) is 23.0 Å². The van der Waals surface area contributed by atoms with Gasteiger partial charge in [-0.1, -0.05) is 18.5 Å². The largest absolute Gasteiger partial charge is 0.377 e. The van der Waals surface area contributed by atoms with Crippen LogP contribution in [0.25, 0.3) is 0 Å². The number of carbonyl (C=O) groups excluding carboxylic acids is 1. The van der Waals surface area contributed by atoms with Crippen molar-refractivity contribution in [2.24, 2.45) is 5.92 Å². The lowest BCUT2D eigenvalue weighted by Gasteiger charge is -2.16. The molecule has 0 aliphatic carbocycles. The van der Waals surface area contributed by atoms with Crippen LogP contribution in [0.2, 0.25) is 5.15 Å². The molecule has 1 aromatic heterocycles. The van der Waals surface area contributed by atoms with Gasteiger partial charge in [-0.3, -0.25) is 4.79 Å². The molecule has 1 amide bonds. The molecule has 1 aliphatic heterocycles. The first kappa shape index (κ1) is 13.3. The molecule has 1 aromatic rings. The molecule has 0 spiro atoms. The van der Waals surface area contributed by atoms with E-state index in [9.17, 15) is 4.79 Å². The summed E-state index contributed by atoms with van der Waals surface area (Å²) in [7, 11) is 0. The van der Waals surface area contributed by atoms with E-state index in [0.29, 0.717) is 17.4 Å². The number of halogens is 1. The standard InChI is InChI=1S/C13H17ClN2O2/c1-3-11-9(4-5-18-11)13(17)16-10-6-8(2)7-15-12(10)14/h6-7,9,11H,3-5H2,1-2H3,(H,16,17). The van der Waals surface area contributed by atoms with E-state index in [1.165, 1.54) is 0 Å². The Kier molecular flexibility index (Phi) is 4.19. The van der Waals surface area contributed by atoms with Crippen molar-refractivity contribution >= 4 is 23.2 Å². The molecule has 0 bridgehead atoms. The molecule has 5 heteroatoms. The topological polar surface area (TPSA) is 51.2 Å². The molecule has 2 atom stereocenters. The minimum atomic E-state index is -0.0911. The zero-order valence-corrected chi connectivity index (χ0v) is 11.3. The van der Waals surface area contributed by atoms with Crippen molar-refractivity contribution in [2.45, 2.75) is 32.8 Å². The Morgan fingerprint density at radius 2 is 2.44 bits per heavy atom. The molecule has 1 fully saturated rings.